The van der Waals surface area contributed by atoms with Crippen LogP contribution in [0.15, 0.2) is 53.5 Å². The Balaban J connectivity index is 1.67. The number of hydrogen-bond acceptors (Lipinski definition) is 3. The quantitative estimate of drug-likeness (QED) is 0.664. The molecule has 0 N–H and O–H groups in total. The van der Waals surface area contributed by atoms with Crippen molar-refractivity contribution in [1.29, 1.82) is 0 Å². The van der Waals surface area contributed by atoms with Crippen LogP contribution < -0.4 is 4.90 Å². The molecule has 1 amide bonds. The van der Waals surface area contributed by atoms with E-state index in [2.05, 4.69) is 32.5 Å². The van der Waals surface area contributed by atoms with E-state index >= 15 is 0 Å². The SMILES string of the molecule is O=C1C(=Nc2ccc(I)cc2)c2ccccc2N1CN1CCCCC1. The smallest absolute Gasteiger partial charge is 0.278 e. The zero-order valence-electron chi connectivity index (χ0n) is 14.0. The second kappa shape index (κ2) is 7.25. The van der Waals surface area contributed by atoms with Crippen molar-refractivity contribution < 1.29 is 4.79 Å². The highest BCUT2D eigenvalue weighted by Crippen LogP contribution is 2.31. The molecular weight excluding hydrogens is 425 g/mol. The molecular formula is C20H20IN3O. The molecule has 25 heavy (non-hydrogen) atoms. The molecule has 2 aliphatic rings. The van der Waals surface area contributed by atoms with E-state index in [1.54, 1.807) is 0 Å². The van der Waals surface area contributed by atoms with Gasteiger partial charge in [0.05, 0.1) is 18.0 Å². The molecule has 5 heteroatoms. The molecule has 0 saturated carbocycles. The second-order valence-corrected chi connectivity index (χ2v) is 7.75. The minimum absolute atomic E-state index is 0.00493. The second-order valence-electron chi connectivity index (χ2n) is 6.51. The van der Waals surface area contributed by atoms with E-state index in [0.717, 1.165) is 33.6 Å². The van der Waals surface area contributed by atoms with Crippen molar-refractivity contribution in [1.82, 2.24) is 4.90 Å². The molecule has 0 atom stereocenters. The van der Waals surface area contributed by atoms with Crippen molar-refractivity contribution in [3.63, 3.8) is 0 Å². The maximum absolute atomic E-state index is 13.1. The molecule has 128 valence electrons. The summed E-state index contributed by atoms with van der Waals surface area (Å²) in [4.78, 5) is 22.0. The van der Waals surface area contributed by atoms with E-state index in [1.807, 2.05) is 53.4 Å². The predicted molar refractivity (Wildman–Crippen MR) is 110 cm³/mol. The Labute approximate surface area is 161 Å². The number of benzene rings is 2. The number of para-hydroxylation sites is 1. The van der Waals surface area contributed by atoms with Gasteiger partial charge in [0.25, 0.3) is 5.91 Å². The van der Waals surface area contributed by atoms with Gasteiger partial charge in [-0.05, 0) is 78.9 Å². The van der Waals surface area contributed by atoms with E-state index in [4.69, 9.17) is 0 Å². The van der Waals surface area contributed by atoms with Crippen LogP contribution in [0.4, 0.5) is 11.4 Å². The maximum Gasteiger partial charge on any atom is 0.278 e. The summed E-state index contributed by atoms with van der Waals surface area (Å²) in [5.41, 5.74) is 3.28. The van der Waals surface area contributed by atoms with Crippen molar-refractivity contribution in [2.75, 3.05) is 24.7 Å². The summed E-state index contributed by atoms with van der Waals surface area (Å²) >= 11 is 2.27. The fourth-order valence-corrected chi connectivity index (χ4v) is 3.82. The van der Waals surface area contributed by atoms with Crippen LogP contribution in [0.5, 0.6) is 0 Å². The molecule has 4 rings (SSSR count). The lowest BCUT2D eigenvalue weighted by atomic mass is 10.1. The Hall–Kier alpha value is -1.73. The van der Waals surface area contributed by atoms with Gasteiger partial charge in [0.2, 0.25) is 0 Å². The molecule has 2 aromatic carbocycles. The normalized spacial score (nSPS) is 19.5. The Morgan fingerprint density at radius 3 is 2.44 bits per heavy atom. The highest BCUT2D eigenvalue weighted by Gasteiger charge is 2.34. The molecule has 2 aromatic rings. The summed E-state index contributed by atoms with van der Waals surface area (Å²) in [6, 6.07) is 15.9. The molecule has 0 aliphatic carbocycles. The van der Waals surface area contributed by atoms with Crippen molar-refractivity contribution in [3.05, 3.63) is 57.7 Å². The fourth-order valence-electron chi connectivity index (χ4n) is 3.46. The Bertz CT molecular complexity index is 810. The number of halogens is 1. The average molecular weight is 445 g/mol. The van der Waals surface area contributed by atoms with Gasteiger partial charge >= 0.3 is 0 Å². The van der Waals surface area contributed by atoms with Crippen molar-refractivity contribution in [2.24, 2.45) is 4.99 Å². The number of likely N-dealkylation sites (tertiary alicyclic amines) is 1. The van der Waals surface area contributed by atoms with Crippen LogP contribution in [0.3, 0.4) is 0 Å². The third-order valence-corrected chi connectivity index (χ3v) is 5.47. The van der Waals surface area contributed by atoms with Gasteiger partial charge in [-0.25, -0.2) is 4.99 Å². The largest absolute Gasteiger partial charge is 0.293 e. The van der Waals surface area contributed by atoms with Gasteiger partial charge in [0.1, 0.15) is 5.71 Å². The van der Waals surface area contributed by atoms with E-state index in [-0.39, 0.29) is 5.91 Å². The van der Waals surface area contributed by atoms with Gasteiger partial charge < -0.3 is 0 Å². The van der Waals surface area contributed by atoms with Crippen LogP contribution in [-0.4, -0.2) is 36.3 Å². The third kappa shape index (κ3) is 3.48. The number of rotatable bonds is 3. The lowest BCUT2D eigenvalue weighted by Gasteiger charge is -2.30. The molecule has 1 saturated heterocycles. The molecule has 2 aliphatic heterocycles. The molecule has 0 aromatic heterocycles. The van der Waals surface area contributed by atoms with E-state index < -0.39 is 0 Å². The monoisotopic (exact) mass is 445 g/mol. The first-order valence-electron chi connectivity index (χ1n) is 8.70. The first-order valence-corrected chi connectivity index (χ1v) is 9.78. The number of anilines is 1. The molecule has 1 fully saturated rings. The van der Waals surface area contributed by atoms with E-state index in [1.165, 1.54) is 19.3 Å². The number of fused-ring (bicyclic) bond motifs is 1. The lowest BCUT2D eigenvalue weighted by Crippen LogP contribution is -2.43. The summed E-state index contributed by atoms with van der Waals surface area (Å²) in [7, 11) is 0. The van der Waals surface area contributed by atoms with Gasteiger partial charge in [-0.3, -0.25) is 14.6 Å². The summed E-state index contributed by atoms with van der Waals surface area (Å²) < 4.78 is 1.16. The number of hydrogen-bond donors (Lipinski definition) is 0. The fraction of sp³-hybridized carbons (Fsp3) is 0.300. The number of carbonyl (C=O) groups is 1. The molecule has 2 heterocycles. The molecule has 4 nitrogen and oxygen atoms in total. The molecule has 0 unspecified atom stereocenters. The minimum atomic E-state index is 0.00493. The zero-order valence-corrected chi connectivity index (χ0v) is 16.1. The Morgan fingerprint density at radius 1 is 0.960 bits per heavy atom. The van der Waals surface area contributed by atoms with Gasteiger partial charge in [-0.15, -0.1) is 0 Å². The highest BCUT2D eigenvalue weighted by atomic mass is 127. The first-order chi connectivity index (χ1) is 12.2. The van der Waals surface area contributed by atoms with Crippen LogP contribution in [0.2, 0.25) is 0 Å². The topological polar surface area (TPSA) is 35.9 Å². The minimum Gasteiger partial charge on any atom is -0.293 e. The number of amides is 1. The van der Waals surface area contributed by atoms with Crippen LogP contribution in [-0.2, 0) is 4.79 Å². The molecule has 0 radical (unpaired) electrons. The van der Waals surface area contributed by atoms with Crippen LogP contribution in [0, 0.1) is 3.57 Å². The van der Waals surface area contributed by atoms with Gasteiger partial charge in [-0.1, -0.05) is 24.6 Å². The Kier molecular flexibility index (Phi) is 4.85. The zero-order chi connectivity index (χ0) is 17.2. The van der Waals surface area contributed by atoms with Gasteiger partial charge in [-0.2, -0.15) is 0 Å². The lowest BCUT2D eigenvalue weighted by molar-refractivity contribution is -0.112. The summed E-state index contributed by atoms with van der Waals surface area (Å²) in [6.45, 7) is 2.78. The predicted octanol–water partition coefficient (Wildman–Crippen LogP) is 4.20. The summed E-state index contributed by atoms with van der Waals surface area (Å²) in [5.74, 6) is 0.00493. The first kappa shape index (κ1) is 16.7. The number of piperidine rings is 1. The summed E-state index contributed by atoms with van der Waals surface area (Å²) in [6.07, 6.45) is 3.72. The number of aliphatic imine (C=N–C) groups is 1. The highest BCUT2D eigenvalue weighted by molar-refractivity contribution is 14.1. The molecule has 0 bridgehead atoms. The third-order valence-electron chi connectivity index (χ3n) is 4.76. The van der Waals surface area contributed by atoms with Crippen molar-refractivity contribution >= 4 is 45.6 Å². The van der Waals surface area contributed by atoms with Gasteiger partial charge in [0.15, 0.2) is 0 Å². The van der Waals surface area contributed by atoms with Crippen LogP contribution in [0.25, 0.3) is 0 Å². The maximum atomic E-state index is 13.1. The van der Waals surface area contributed by atoms with E-state index in [9.17, 15) is 4.79 Å². The van der Waals surface area contributed by atoms with Gasteiger partial charge in [0, 0.05) is 9.13 Å². The van der Waals surface area contributed by atoms with Crippen molar-refractivity contribution in [3.8, 4) is 0 Å². The Morgan fingerprint density at radius 2 is 1.68 bits per heavy atom. The molecule has 0 spiro atoms. The van der Waals surface area contributed by atoms with Crippen molar-refractivity contribution in [2.45, 2.75) is 19.3 Å². The van der Waals surface area contributed by atoms with Crippen LogP contribution in [0.1, 0.15) is 24.8 Å². The van der Waals surface area contributed by atoms with Crippen LogP contribution >= 0.6 is 22.6 Å². The summed E-state index contributed by atoms with van der Waals surface area (Å²) in [5, 5.41) is 0. The average Bonchev–Trinajstić information content (AvgIpc) is 2.90. The number of nitrogens with zero attached hydrogens (tertiary/aromatic N) is 3. The van der Waals surface area contributed by atoms with E-state index in [0.29, 0.717) is 12.4 Å². The number of carbonyl (C=O) groups excluding carboxylic acids is 1. The standard InChI is InChI=1S/C20H20IN3O/c21-15-8-10-16(11-9-15)22-19-17-6-2-3-7-18(17)24(20(19)25)14-23-12-4-1-5-13-23/h2-3,6-11H,1,4-5,12-14H2.